The Morgan fingerprint density at radius 3 is 2.92 bits per heavy atom. The summed E-state index contributed by atoms with van der Waals surface area (Å²) >= 11 is 0. The number of aldehydes is 1. The molecule has 5 heteroatoms. The lowest BCUT2D eigenvalue weighted by atomic mass is 10.3. The Labute approximate surface area is 75.9 Å². The van der Waals surface area contributed by atoms with Crippen LogP contribution < -0.4 is 11.1 Å². The number of nitrogens with one attached hydrogen (secondary N) is 1. The second kappa shape index (κ2) is 4.61. The molecule has 0 aromatic heterocycles. The average Bonchev–Trinajstić information content (AvgIpc) is 2.57. The first-order valence-corrected chi connectivity index (χ1v) is 4.06. The fourth-order valence-electron chi connectivity index (χ4n) is 1.09. The Kier molecular flexibility index (Phi) is 3.45. The predicted octanol–water partition coefficient (Wildman–Crippen LogP) is -1.07. The number of hydrogen-bond acceptors (Lipinski definition) is 5. The Morgan fingerprint density at radius 2 is 2.38 bits per heavy atom. The lowest BCUT2D eigenvalue weighted by Gasteiger charge is -2.09. The highest BCUT2D eigenvalue weighted by atomic mass is 16.5. The second-order valence-electron chi connectivity index (χ2n) is 2.78. The van der Waals surface area contributed by atoms with E-state index < -0.39 is 5.97 Å². The number of carbonyl (C=O) groups is 2. The van der Waals surface area contributed by atoms with Gasteiger partial charge in [-0.1, -0.05) is 0 Å². The van der Waals surface area contributed by atoms with Crippen LogP contribution in [0.25, 0.3) is 0 Å². The highest BCUT2D eigenvalue weighted by Crippen LogP contribution is 2.04. The van der Waals surface area contributed by atoms with Gasteiger partial charge >= 0.3 is 5.97 Å². The quantitative estimate of drug-likeness (QED) is 0.332. The molecule has 1 unspecified atom stereocenters. The van der Waals surface area contributed by atoms with Gasteiger partial charge in [0.05, 0.1) is 0 Å². The first-order chi connectivity index (χ1) is 6.24. The number of allylic oxidation sites excluding steroid dienone is 1. The summed E-state index contributed by atoms with van der Waals surface area (Å²) < 4.78 is 4.97. The molecule has 0 saturated carbocycles. The lowest BCUT2D eigenvalue weighted by molar-refractivity contribution is -0.143. The van der Waals surface area contributed by atoms with Gasteiger partial charge < -0.3 is 15.8 Å². The maximum absolute atomic E-state index is 11.1. The summed E-state index contributed by atoms with van der Waals surface area (Å²) in [5.74, 6) is -0.624. The van der Waals surface area contributed by atoms with Crippen molar-refractivity contribution >= 4 is 12.3 Å². The normalized spacial score (nSPS) is 22.8. The fraction of sp³-hybridized carbons (Fsp3) is 0.500. The third-order valence-corrected chi connectivity index (χ3v) is 1.77. The van der Waals surface area contributed by atoms with Crippen LogP contribution in [-0.2, 0) is 14.3 Å². The van der Waals surface area contributed by atoms with Crippen LogP contribution in [0, 0.1) is 0 Å². The van der Waals surface area contributed by atoms with Crippen LogP contribution in [0.15, 0.2) is 11.8 Å². The molecule has 72 valence electrons. The number of nitrogens with two attached hydrogens (primary N) is 1. The summed E-state index contributed by atoms with van der Waals surface area (Å²) in [5, 5.41) is 3.04. The van der Waals surface area contributed by atoms with Crippen molar-refractivity contribution < 1.29 is 14.3 Å². The molecule has 1 saturated heterocycles. The molecule has 0 aromatic carbocycles. The topological polar surface area (TPSA) is 81.4 Å². The van der Waals surface area contributed by atoms with Crippen molar-refractivity contribution in [1.29, 1.82) is 0 Å². The molecule has 0 spiro atoms. The third-order valence-electron chi connectivity index (χ3n) is 1.77. The Bertz CT molecular complexity index is 232. The molecule has 5 nitrogen and oxygen atoms in total. The Balaban J connectivity index is 2.39. The predicted molar refractivity (Wildman–Crippen MR) is 45.7 cm³/mol. The van der Waals surface area contributed by atoms with Crippen molar-refractivity contribution in [2.24, 2.45) is 5.73 Å². The maximum Gasteiger partial charge on any atom is 0.354 e. The van der Waals surface area contributed by atoms with Crippen molar-refractivity contribution in [3.05, 3.63) is 11.8 Å². The largest absolute Gasteiger partial charge is 0.456 e. The first-order valence-electron chi connectivity index (χ1n) is 4.06. The standard InChI is InChI=1S/C8H12N2O3/c9-7(2-4-11)8(12)13-6-1-3-10-5-6/h2,4,6,10H,1,3,5,9H2. The molecule has 1 rings (SSSR count). The molecule has 3 N–H and O–H groups in total. The maximum atomic E-state index is 11.1. The van der Waals surface area contributed by atoms with Gasteiger partial charge in [0.15, 0.2) is 0 Å². The summed E-state index contributed by atoms with van der Waals surface area (Å²) in [6, 6.07) is 0. The van der Waals surface area contributed by atoms with Crippen LogP contribution in [-0.4, -0.2) is 31.4 Å². The summed E-state index contributed by atoms with van der Waals surface area (Å²) in [7, 11) is 0. The summed E-state index contributed by atoms with van der Waals surface area (Å²) in [5.41, 5.74) is 5.09. The molecular formula is C8H12N2O3. The Hall–Kier alpha value is -1.36. The van der Waals surface area contributed by atoms with Gasteiger partial charge in [-0.25, -0.2) is 4.79 Å². The number of rotatable bonds is 3. The van der Waals surface area contributed by atoms with Crippen molar-refractivity contribution in [2.75, 3.05) is 13.1 Å². The van der Waals surface area contributed by atoms with Gasteiger partial charge in [-0.2, -0.15) is 0 Å². The van der Waals surface area contributed by atoms with E-state index in [4.69, 9.17) is 10.5 Å². The van der Waals surface area contributed by atoms with Crippen molar-refractivity contribution in [1.82, 2.24) is 5.32 Å². The minimum absolute atomic E-state index is 0.119. The van der Waals surface area contributed by atoms with E-state index in [1.54, 1.807) is 0 Å². The number of carbonyl (C=O) groups excluding carboxylic acids is 2. The van der Waals surface area contributed by atoms with E-state index in [2.05, 4.69) is 5.32 Å². The van der Waals surface area contributed by atoms with Gasteiger partial charge in [0.25, 0.3) is 0 Å². The van der Waals surface area contributed by atoms with Crippen LogP contribution in [0.2, 0.25) is 0 Å². The SMILES string of the molecule is NC(=CC=O)C(=O)OC1CCNC1. The van der Waals surface area contributed by atoms with Crippen molar-refractivity contribution in [3.8, 4) is 0 Å². The summed E-state index contributed by atoms with van der Waals surface area (Å²) in [6.45, 7) is 1.50. The number of esters is 1. The number of hydrogen-bond donors (Lipinski definition) is 2. The van der Waals surface area contributed by atoms with E-state index >= 15 is 0 Å². The van der Waals surface area contributed by atoms with E-state index in [-0.39, 0.29) is 11.8 Å². The molecule has 0 bridgehead atoms. The van der Waals surface area contributed by atoms with Crippen LogP contribution >= 0.6 is 0 Å². The summed E-state index contributed by atoms with van der Waals surface area (Å²) in [6.07, 6.45) is 2.13. The van der Waals surface area contributed by atoms with E-state index in [9.17, 15) is 9.59 Å². The van der Waals surface area contributed by atoms with Crippen LogP contribution in [0.3, 0.4) is 0 Å². The highest BCUT2D eigenvalue weighted by Gasteiger charge is 2.19. The van der Waals surface area contributed by atoms with Crippen molar-refractivity contribution in [2.45, 2.75) is 12.5 Å². The molecule has 1 atom stereocenters. The zero-order valence-electron chi connectivity index (χ0n) is 7.16. The molecule has 0 amide bonds. The molecule has 1 aliphatic heterocycles. The lowest BCUT2D eigenvalue weighted by Crippen LogP contribution is -2.24. The third kappa shape index (κ3) is 2.87. The van der Waals surface area contributed by atoms with E-state index in [0.717, 1.165) is 19.0 Å². The summed E-state index contributed by atoms with van der Waals surface area (Å²) in [4.78, 5) is 21.1. The molecule has 0 aromatic rings. The molecule has 13 heavy (non-hydrogen) atoms. The molecule has 1 heterocycles. The monoisotopic (exact) mass is 184 g/mol. The van der Waals surface area contributed by atoms with E-state index in [1.807, 2.05) is 0 Å². The van der Waals surface area contributed by atoms with Gasteiger partial charge in [-0.05, 0) is 13.0 Å². The number of ether oxygens (including phenoxy) is 1. The van der Waals surface area contributed by atoms with Gasteiger partial charge in [-0.15, -0.1) is 0 Å². The van der Waals surface area contributed by atoms with Crippen LogP contribution in [0.4, 0.5) is 0 Å². The molecule has 1 fully saturated rings. The van der Waals surface area contributed by atoms with Crippen LogP contribution in [0.1, 0.15) is 6.42 Å². The van der Waals surface area contributed by atoms with Gasteiger partial charge in [0.1, 0.15) is 18.1 Å². The minimum atomic E-state index is -0.624. The van der Waals surface area contributed by atoms with E-state index in [1.165, 1.54) is 0 Å². The first kappa shape index (κ1) is 9.73. The molecule has 0 aliphatic carbocycles. The fourth-order valence-corrected chi connectivity index (χ4v) is 1.09. The highest BCUT2D eigenvalue weighted by molar-refractivity contribution is 5.91. The molecular weight excluding hydrogens is 172 g/mol. The van der Waals surface area contributed by atoms with E-state index in [0.29, 0.717) is 12.8 Å². The minimum Gasteiger partial charge on any atom is -0.456 e. The zero-order valence-corrected chi connectivity index (χ0v) is 7.16. The average molecular weight is 184 g/mol. The molecule has 0 radical (unpaired) electrons. The zero-order chi connectivity index (χ0) is 9.68. The smallest absolute Gasteiger partial charge is 0.354 e. The van der Waals surface area contributed by atoms with Gasteiger partial charge in [-0.3, -0.25) is 4.79 Å². The second-order valence-corrected chi connectivity index (χ2v) is 2.78. The van der Waals surface area contributed by atoms with Gasteiger partial charge in [0, 0.05) is 12.6 Å². The molecule has 1 aliphatic rings. The Morgan fingerprint density at radius 1 is 1.62 bits per heavy atom. The van der Waals surface area contributed by atoms with Crippen molar-refractivity contribution in [3.63, 3.8) is 0 Å². The van der Waals surface area contributed by atoms with Crippen LogP contribution in [0.5, 0.6) is 0 Å². The van der Waals surface area contributed by atoms with Gasteiger partial charge in [0.2, 0.25) is 0 Å².